The van der Waals surface area contributed by atoms with Crippen LogP contribution in [-0.2, 0) is 11.3 Å². The molecule has 4 unspecified atom stereocenters. The second kappa shape index (κ2) is 14.4. The molecule has 2 bridgehead atoms. The van der Waals surface area contributed by atoms with E-state index in [1.165, 1.54) is 0 Å². The van der Waals surface area contributed by atoms with E-state index >= 15 is 4.39 Å². The fourth-order valence-electron chi connectivity index (χ4n) is 9.48. The summed E-state index contributed by atoms with van der Waals surface area (Å²) in [5, 5.41) is 2.18. The molecule has 6 heterocycles. The van der Waals surface area contributed by atoms with E-state index in [0.29, 0.717) is 42.2 Å². The van der Waals surface area contributed by atoms with Crippen molar-refractivity contribution in [2.24, 2.45) is 0 Å². The van der Waals surface area contributed by atoms with E-state index in [2.05, 4.69) is 9.80 Å². The number of anilines is 1. The van der Waals surface area contributed by atoms with Crippen LogP contribution in [0.4, 0.5) is 19.4 Å². The molecule has 292 valence electrons. The number of benzene rings is 3. The van der Waals surface area contributed by atoms with Crippen LogP contribution in [0.15, 0.2) is 72.9 Å². The summed E-state index contributed by atoms with van der Waals surface area (Å²) in [6.45, 7) is 7.70. The zero-order valence-electron chi connectivity index (χ0n) is 32.2. The first-order valence-corrected chi connectivity index (χ1v) is 19.9. The number of carbonyl (C=O) groups is 1. The summed E-state index contributed by atoms with van der Waals surface area (Å²) in [7, 11) is 0. The molecular formula is C44H48F2N6O4. The number of piperazine rings is 1. The molecule has 0 saturated carbocycles. The van der Waals surface area contributed by atoms with E-state index in [1.807, 2.05) is 92.4 Å². The zero-order chi connectivity index (χ0) is 38.6. The number of hydrogen-bond donors (Lipinski definition) is 0. The SMILES string of the molecule is CC(C)(C)OC(=O)N1C2CCC1CN(c1nc(OCC34CCCN3C(CF)CC4)nc3c(F)c(-c4cc(OCc5ccccc5)cc5ccccc45)ncc13)C2. The van der Waals surface area contributed by atoms with Crippen molar-refractivity contribution in [2.45, 2.75) is 95.2 Å². The van der Waals surface area contributed by atoms with Gasteiger partial charge >= 0.3 is 12.1 Å². The topological polar surface area (TPSA) is 93.2 Å². The smallest absolute Gasteiger partial charge is 0.410 e. The highest BCUT2D eigenvalue weighted by Crippen LogP contribution is 2.44. The normalized spacial score (nSPS) is 23.6. The lowest BCUT2D eigenvalue weighted by atomic mass is 9.95. The average molecular weight is 763 g/mol. The number of halogens is 2. The Morgan fingerprint density at radius 1 is 0.929 bits per heavy atom. The summed E-state index contributed by atoms with van der Waals surface area (Å²) in [6.07, 6.45) is 6.47. The quantitative estimate of drug-likeness (QED) is 0.147. The third-order valence-electron chi connectivity index (χ3n) is 12.1. The number of nitrogens with zero attached hydrogens (tertiary/aromatic N) is 6. The van der Waals surface area contributed by atoms with Gasteiger partial charge in [0.05, 0.1) is 23.0 Å². The van der Waals surface area contributed by atoms with Gasteiger partial charge in [-0.2, -0.15) is 9.97 Å². The molecule has 0 aliphatic carbocycles. The second-order valence-electron chi connectivity index (χ2n) is 16.8. The Balaban J connectivity index is 1.10. The van der Waals surface area contributed by atoms with Gasteiger partial charge in [0.25, 0.3) is 0 Å². The fourth-order valence-corrected chi connectivity index (χ4v) is 9.48. The van der Waals surface area contributed by atoms with Gasteiger partial charge in [0.2, 0.25) is 0 Å². The van der Waals surface area contributed by atoms with Crippen molar-refractivity contribution >= 4 is 33.6 Å². The molecule has 1 amide bonds. The lowest BCUT2D eigenvalue weighted by Gasteiger charge is -2.42. The summed E-state index contributed by atoms with van der Waals surface area (Å²) >= 11 is 0. The molecule has 9 rings (SSSR count). The predicted molar refractivity (Wildman–Crippen MR) is 211 cm³/mol. The Labute approximate surface area is 325 Å². The van der Waals surface area contributed by atoms with E-state index in [4.69, 9.17) is 29.2 Å². The lowest BCUT2D eigenvalue weighted by Crippen LogP contribution is -2.57. The first kappa shape index (κ1) is 36.5. The van der Waals surface area contributed by atoms with Gasteiger partial charge in [0.1, 0.15) is 48.3 Å². The van der Waals surface area contributed by atoms with Gasteiger partial charge in [-0.25, -0.2) is 13.6 Å². The standard InChI is InChI=1S/C44H48F2N6O4/c1-43(2,3)56-42(53)52-31-14-15-32(52)25-50(24-31)40-36-23-47-38(35-21-33(20-29-12-7-8-13-34(29)35)54-26-28-10-5-4-6-11-28)37(46)39(36)48-41(49-40)55-27-44-17-9-19-51(44)30(22-45)16-18-44/h4-8,10-13,20-21,23,30-32H,9,14-19,22,24-27H2,1-3H3. The van der Waals surface area contributed by atoms with Crippen LogP contribution in [0.25, 0.3) is 32.9 Å². The number of hydrogen-bond acceptors (Lipinski definition) is 9. The molecule has 56 heavy (non-hydrogen) atoms. The fraction of sp³-hybridized carbons (Fsp3) is 0.455. The molecule has 4 aliphatic rings. The monoisotopic (exact) mass is 762 g/mol. The van der Waals surface area contributed by atoms with Gasteiger partial charge in [0, 0.05) is 30.9 Å². The number of aromatic nitrogens is 3. The van der Waals surface area contributed by atoms with Crippen LogP contribution < -0.4 is 14.4 Å². The number of ether oxygens (including phenoxy) is 3. The Kier molecular flexibility index (Phi) is 9.42. The van der Waals surface area contributed by atoms with E-state index in [1.54, 1.807) is 6.20 Å². The molecule has 12 heteroatoms. The van der Waals surface area contributed by atoms with Gasteiger partial charge < -0.3 is 19.1 Å². The Morgan fingerprint density at radius 3 is 2.46 bits per heavy atom. The Hall–Kier alpha value is -5.10. The minimum atomic E-state index is -0.611. The Morgan fingerprint density at radius 2 is 1.70 bits per heavy atom. The predicted octanol–water partition coefficient (Wildman–Crippen LogP) is 8.50. The molecule has 10 nitrogen and oxygen atoms in total. The number of amides is 1. The van der Waals surface area contributed by atoms with Gasteiger partial charge in [-0.1, -0.05) is 54.6 Å². The maximum Gasteiger partial charge on any atom is 0.410 e. The van der Waals surface area contributed by atoms with Crippen molar-refractivity contribution in [1.29, 1.82) is 0 Å². The first-order valence-electron chi connectivity index (χ1n) is 19.9. The second-order valence-corrected chi connectivity index (χ2v) is 16.8. The molecule has 2 aromatic heterocycles. The van der Waals surface area contributed by atoms with Crippen LogP contribution in [0.1, 0.15) is 64.9 Å². The maximum absolute atomic E-state index is 17.3. The molecule has 4 atom stereocenters. The van der Waals surface area contributed by atoms with Crippen LogP contribution in [0.3, 0.4) is 0 Å². The minimum Gasteiger partial charge on any atom is -0.489 e. The number of carbonyl (C=O) groups excluding carboxylic acids is 1. The van der Waals surface area contributed by atoms with Crippen molar-refractivity contribution in [3.8, 4) is 23.0 Å². The third-order valence-corrected chi connectivity index (χ3v) is 12.1. The van der Waals surface area contributed by atoms with Crippen LogP contribution in [0.2, 0.25) is 0 Å². The number of rotatable bonds is 9. The number of alkyl halides is 1. The zero-order valence-corrected chi connectivity index (χ0v) is 32.2. The van der Waals surface area contributed by atoms with Crippen LogP contribution in [0.5, 0.6) is 11.8 Å². The van der Waals surface area contributed by atoms with E-state index in [9.17, 15) is 9.18 Å². The molecule has 4 saturated heterocycles. The van der Waals surface area contributed by atoms with Crippen molar-refractivity contribution in [1.82, 2.24) is 24.8 Å². The van der Waals surface area contributed by atoms with Gasteiger partial charge in [-0.15, -0.1) is 0 Å². The van der Waals surface area contributed by atoms with E-state index in [-0.39, 0.29) is 60.3 Å². The molecule has 0 spiro atoms. The lowest BCUT2D eigenvalue weighted by molar-refractivity contribution is 0.0122. The highest BCUT2D eigenvalue weighted by atomic mass is 19.1. The summed E-state index contributed by atoms with van der Waals surface area (Å²) < 4.78 is 49.9. The molecule has 0 N–H and O–H groups in total. The van der Waals surface area contributed by atoms with Gasteiger partial charge in [-0.05, 0) is 94.3 Å². The molecule has 5 aromatic rings. The average Bonchev–Trinajstić information content (AvgIpc) is 3.85. The van der Waals surface area contributed by atoms with E-state index < -0.39 is 11.4 Å². The molecule has 4 aliphatic heterocycles. The molecular weight excluding hydrogens is 715 g/mol. The maximum atomic E-state index is 17.3. The summed E-state index contributed by atoms with van der Waals surface area (Å²) in [5.41, 5.74) is 0.944. The van der Waals surface area contributed by atoms with E-state index in [0.717, 1.165) is 61.4 Å². The summed E-state index contributed by atoms with van der Waals surface area (Å²) in [6, 6.07) is 21.3. The highest BCUT2D eigenvalue weighted by Gasteiger charge is 2.50. The van der Waals surface area contributed by atoms with Crippen molar-refractivity contribution < 1.29 is 27.8 Å². The minimum absolute atomic E-state index is 0.0696. The van der Waals surface area contributed by atoms with Crippen LogP contribution >= 0.6 is 0 Å². The third kappa shape index (κ3) is 6.75. The Bertz CT molecular complexity index is 2260. The summed E-state index contributed by atoms with van der Waals surface area (Å²) in [4.78, 5) is 34.0. The van der Waals surface area contributed by atoms with Crippen molar-refractivity contribution in [3.63, 3.8) is 0 Å². The highest BCUT2D eigenvalue weighted by molar-refractivity contribution is 6.00. The molecule has 3 aromatic carbocycles. The summed E-state index contributed by atoms with van der Waals surface area (Å²) in [5.74, 6) is 0.524. The van der Waals surface area contributed by atoms with Crippen LogP contribution in [0, 0.1) is 5.82 Å². The largest absolute Gasteiger partial charge is 0.489 e. The first-order chi connectivity index (χ1) is 27.1. The van der Waals surface area contributed by atoms with Gasteiger partial charge in [0.15, 0.2) is 5.82 Å². The van der Waals surface area contributed by atoms with Gasteiger partial charge in [-0.3, -0.25) is 14.8 Å². The number of fused-ring (bicyclic) bond motifs is 5. The molecule has 4 fully saturated rings. The van der Waals surface area contributed by atoms with Crippen molar-refractivity contribution in [3.05, 3.63) is 84.3 Å². The number of pyridine rings is 1. The van der Waals surface area contributed by atoms with Crippen molar-refractivity contribution in [2.75, 3.05) is 37.8 Å². The molecule has 0 radical (unpaired) electrons. The van der Waals surface area contributed by atoms with Crippen LogP contribution in [-0.4, -0.2) is 93.0 Å².